The highest BCUT2D eigenvalue weighted by atomic mass is 16.5. The molecule has 0 aromatic carbocycles. The van der Waals surface area contributed by atoms with Gasteiger partial charge in [-0.3, -0.25) is 4.68 Å². The largest absolute Gasteiger partial charge is 0.461 e. The minimum atomic E-state index is -0.341. The lowest BCUT2D eigenvalue weighted by Crippen LogP contribution is -2.14. The fourth-order valence-corrected chi connectivity index (χ4v) is 1.96. The fourth-order valence-electron chi connectivity index (χ4n) is 1.96. The number of rotatable bonds is 7. The molecule has 0 aliphatic carbocycles. The van der Waals surface area contributed by atoms with Gasteiger partial charge in [-0.05, 0) is 32.8 Å². The zero-order chi connectivity index (χ0) is 16.0. The van der Waals surface area contributed by atoms with Gasteiger partial charge in [0.2, 0.25) is 0 Å². The standard InChI is InChI=1S/C16H26N2O3/c1-6-21-15(20)13-11-14(16(3,4)5)17-18(13)10-8-7-9-12(2)19/h11H,6-10H2,1-5H3. The van der Waals surface area contributed by atoms with E-state index >= 15 is 0 Å². The SMILES string of the molecule is CCOC(=O)c1cc(C(C)(C)C)nn1CCCCC(C)=O. The molecule has 1 rings (SSSR count). The highest BCUT2D eigenvalue weighted by Gasteiger charge is 2.23. The number of aryl methyl sites for hydroxylation is 1. The number of carbonyl (C=O) groups excluding carboxylic acids is 2. The maximum absolute atomic E-state index is 12.0. The number of carbonyl (C=O) groups is 2. The molecule has 0 aliphatic rings. The zero-order valence-corrected chi connectivity index (χ0v) is 13.7. The van der Waals surface area contributed by atoms with Crippen molar-refractivity contribution in [3.63, 3.8) is 0 Å². The lowest BCUT2D eigenvalue weighted by Gasteiger charge is -2.14. The van der Waals surface area contributed by atoms with Gasteiger partial charge in [0.05, 0.1) is 12.3 Å². The molecule has 21 heavy (non-hydrogen) atoms. The van der Waals surface area contributed by atoms with Crippen molar-refractivity contribution >= 4 is 11.8 Å². The van der Waals surface area contributed by atoms with E-state index in [0.717, 1.165) is 18.5 Å². The van der Waals surface area contributed by atoms with E-state index < -0.39 is 0 Å². The van der Waals surface area contributed by atoms with Gasteiger partial charge in [0.25, 0.3) is 0 Å². The molecule has 0 unspecified atom stereocenters. The van der Waals surface area contributed by atoms with Crippen molar-refractivity contribution < 1.29 is 14.3 Å². The van der Waals surface area contributed by atoms with Crippen LogP contribution in [0.1, 0.15) is 70.1 Å². The summed E-state index contributed by atoms with van der Waals surface area (Å²) in [5.74, 6) is -0.150. The maximum Gasteiger partial charge on any atom is 0.356 e. The number of ether oxygens (including phenoxy) is 1. The highest BCUT2D eigenvalue weighted by Crippen LogP contribution is 2.22. The molecule has 0 saturated heterocycles. The van der Waals surface area contributed by atoms with Crippen molar-refractivity contribution in [3.05, 3.63) is 17.5 Å². The summed E-state index contributed by atoms with van der Waals surface area (Å²) in [5, 5.41) is 4.53. The Labute approximate surface area is 126 Å². The fraction of sp³-hybridized carbons (Fsp3) is 0.688. The normalized spacial score (nSPS) is 11.5. The van der Waals surface area contributed by atoms with Gasteiger partial charge < -0.3 is 9.53 Å². The van der Waals surface area contributed by atoms with Crippen molar-refractivity contribution in [2.24, 2.45) is 0 Å². The number of hydrogen-bond donors (Lipinski definition) is 0. The molecule has 1 aromatic rings. The summed E-state index contributed by atoms with van der Waals surface area (Å²) in [4.78, 5) is 23.0. The van der Waals surface area contributed by atoms with E-state index in [0.29, 0.717) is 25.3 Å². The summed E-state index contributed by atoms with van der Waals surface area (Å²) in [6.45, 7) is 10.5. The Morgan fingerprint density at radius 1 is 1.29 bits per heavy atom. The highest BCUT2D eigenvalue weighted by molar-refractivity contribution is 5.87. The zero-order valence-electron chi connectivity index (χ0n) is 13.7. The monoisotopic (exact) mass is 294 g/mol. The third-order valence-corrected chi connectivity index (χ3v) is 3.18. The summed E-state index contributed by atoms with van der Waals surface area (Å²) in [7, 11) is 0. The van der Waals surface area contributed by atoms with E-state index in [1.54, 1.807) is 18.5 Å². The number of aromatic nitrogens is 2. The number of esters is 1. The molecule has 1 heterocycles. The molecule has 0 fully saturated rings. The van der Waals surface area contributed by atoms with Gasteiger partial charge >= 0.3 is 5.97 Å². The van der Waals surface area contributed by atoms with Crippen LogP contribution in [0.3, 0.4) is 0 Å². The average Bonchev–Trinajstić information content (AvgIpc) is 2.78. The molecule has 0 aliphatic heterocycles. The Kier molecular flexibility index (Phi) is 6.12. The van der Waals surface area contributed by atoms with Gasteiger partial charge in [-0.1, -0.05) is 20.8 Å². The van der Waals surface area contributed by atoms with Gasteiger partial charge in [0, 0.05) is 18.4 Å². The quantitative estimate of drug-likeness (QED) is 0.572. The summed E-state index contributed by atoms with van der Waals surface area (Å²) >= 11 is 0. The van der Waals surface area contributed by atoms with Crippen LogP contribution in [0, 0.1) is 0 Å². The summed E-state index contributed by atoms with van der Waals surface area (Å²) in [6.07, 6.45) is 2.20. The van der Waals surface area contributed by atoms with Crippen molar-refractivity contribution in [3.8, 4) is 0 Å². The first kappa shape index (κ1) is 17.4. The number of unbranched alkanes of at least 4 members (excludes halogenated alkanes) is 1. The molecule has 5 nitrogen and oxygen atoms in total. The lowest BCUT2D eigenvalue weighted by atomic mass is 9.92. The van der Waals surface area contributed by atoms with E-state index in [1.807, 2.05) is 6.07 Å². The van der Waals surface area contributed by atoms with Crippen molar-refractivity contribution in [2.75, 3.05) is 6.61 Å². The summed E-state index contributed by atoms with van der Waals surface area (Å²) in [6, 6.07) is 1.81. The van der Waals surface area contributed by atoms with Crippen molar-refractivity contribution in [2.45, 2.75) is 65.8 Å². The van der Waals surface area contributed by atoms with Crippen LogP contribution in [-0.2, 0) is 21.5 Å². The first-order valence-corrected chi connectivity index (χ1v) is 7.50. The predicted octanol–water partition coefficient (Wildman–Crippen LogP) is 3.12. The molecule has 118 valence electrons. The molecular formula is C16H26N2O3. The van der Waals surface area contributed by atoms with Crippen LogP contribution in [0.15, 0.2) is 6.07 Å². The van der Waals surface area contributed by atoms with E-state index in [-0.39, 0.29) is 17.2 Å². The molecule has 0 N–H and O–H groups in total. The molecule has 0 bridgehead atoms. The molecule has 0 radical (unpaired) electrons. The molecule has 1 aromatic heterocycles. The molecular weight excluding hydrogens is 268 g/mol. The van der Waals surface area contributed by atoms with Gasteiger partial charge in [0.1, 0.15) is 11.5 Å². The van der Waals surface area contributed by atoms with Crippen molar-refractivity contribution in [1.82, 2.24) is 9.78 Å². The minimum Gasteiger partial charge on any atom is -0.461 e. The van der Waals surface area contributed by atoms with Crippen LogP contribution in [0.25, 0.3) is 0 Å². The van der Waals surface area contributed by atoms with Crippen LogP contribution in [-0.4, -0.2) is 28.1 Å². The van der Waals surface area contributed by atoms with Crippen LogP contribution in [0.5, 0.6) is 0 Å². The van der Waals surface area contributed by atoms with Crippen LogP contribution < -0.4 is 0 Å². The van der Waals surface area contributed by atoms with Gasteiger partial charge in [-0.2, -0.15) is 5.10 Å². The first-order valence-electron chi connectivity index (χ1n) is 7.50. The predicted molar refractivity (Wildman–Crippen MR) is 81.4 cm³/mol. The topological polar surface area (TPSA) is 61.2 Å². The first-order chi connectivity index (χ1) is 9.75. The van der Waals surface area contributed by atoms with Crippen LogP contribution in [0.2, 0.25) is 0 Å². The van der Waals surface area contributed by atoms with E-state index in [1.165, 1.54) is 0 Å². The van der Waals surface area contributed by atoms with E-state index in [9.17, 15) is 9.59 Å². The maximum atomic E-state index is 12.0. The van der Waals surface area contributed by atoms with Gasteiger partial charge in [-0.25, -0.2) is 4.79 Å². The molecule has 0 atom stereocenters. The smallest absolute Gasteiger partial charge is 0.356 e. The van der Waals surface area contributed by atoms with Crippen molar-refractivity contribution in [1.29, 1.82) is 0 Å². The second-order valence-corrected chi connectivity index (χ2v) is 6.27. The third-order valence-electron chi connectivity index (χ3n) is 3.18. The Morgan fingerprint density at radius 3 is 2.48 bits per heavy atom. The van der Waals surface area contributed by atoms with Gasteiger partial charge in [-0.15, -0.1) is 0 Å². The Bertz CT molecular complexity index is 498. The number of hydrogen-bond acceptors (Lipinski definition) is 4. The van der Waals surface area contributed by atoms with E-state index in [2.05, 4.69) is 25.9 Å². The number of ketones is 1. The van der Waals surface area contributed by atoms with Crippen LogP contribution >= 0.6 is 0 Å². The summed E-state index contributed by atoms with van der Waals surface area (Å²) < 4.78 is 6.79. The molecule has 0 saturated carbocycles. The third kappa shape index (κ3) is 5.33. The summed E-state index contributed by atoms with van der Waals surface area (Å²) in [5.41, 5.74) is 1.24. The Morgan fingerprint density at radius 2 is 1.95 bits per heavy atom. The van der Waals surface area contributed by atoms with Gasteiger partial charge in [0.15, 0.2) is 0 Å². The van der Waals surface area contributed by atoms with Crippen LogP contribution in [0.4, 0.5) is 0 Å². The molecule has 0 amide bonds. The second kappa shape index (κ2) is 7.38. The minimum absolute atomic E-state index is 0.119. The Hall–Kier alpha value is -1.65. The Balaban J connectivity index is 2.86. The average molecular weight is 294 g/mol. The second-order valence-electron chi connectivity index (χ2n) is 6.27. The number of nitrogens with zero attached hydrogens (tertiary/aromatic N) is 2. The van der Waals surface area contributed by atoms with E-state index in [4.69, 9.17) is 4.74 Å². The molecule has 0 spiro atoms. The lowest BCUT2D eigenvalue weighted by molar-refractivity contribution is -0.117. The number of Topliss-reactive ketones (excluding diaryl/α,β-unsaturated/α-hetero) is 1. The molecule has 5 heteroatoms.